The van der Waals surface area contributed by atoms with Gasteiger partial charge in [-0.1, -0.05) is 19.3 Å². The predicted molar refractivity (Wildman–Crippen MR) is 132 cm³/mol. The molecule has 0 bridgehead atoms. The fourth-order valence-corrected chi connectivity index (χ4v) is 4.67. The summed E-state index contributed by atoms with van der Waals surface area (Å²) >= 11 is 3.60. The van der Waals surface area contributed by atoms with Crippen LogP contribution in [0.3, 0.4) is 0 Å². The van der Waals surface area contributed by atoms with Crippen molar-refractivity contribution in [2.24, 2.45) is 7.05 Å². The second-order valence-corrected chi connectivity index (χ2v) is 9.06. The maximum absolute atomic E-state index is 5.93. The van der Waals surface area contributed by atoms with E-state index in [2.05, 4.69) is 36.8 Å². The zero-order valence-electron chi connectivity index (χ0n) is 18.8. The smallest absolute Gasteiger partial charge is 0.247 e. The van der Waals surface area contributed by atoms with Crippen molar-refractivity contribution in [1.82, 2.24) is 29.4 Å². The van der Waals surface area contributed by atoms with E-state index in [4.69, 9.17) is 14.8 Å². The van der Waals surface area contributed by atoms with Gasteiger partial charge in [-0.3, -0.25) is 0 Å². The first kappa shape index (κ1) is 21.7. The molecule has 3 heterocycles. The summed E-state index contributed by atoms with van der Waals surface area (Å²) in [5.41, 5.74) is 2.66. The van der Waals surface area contributed by atoms with Crippen LogP contribution in [0.15, 0.2) is 41.3 Å². The molecule has 3 aromatic heterocycles. The van der Waals surface area contributed by atoms with E-state index < -0.39 is 0 Å². The average molecular weight is 511 g/mol. The molecule has 0 unspecified atom stereocenters. The summed E-state index contributed by atoms with van der Waals surface area (Å²) in [6.07, 6.45) is 7.83. The van der Waals surface area contributed by atoms with Gasteiger partial charge >= 0.3 is 0 Å². The molecule has 1 aliphatic rings. The molecule has 0 atom stereocenters. The van der Waals surface area contributed by atoms with Crippen LogP contribution >= 0.6 is 15.9 Å². The van der Waals surface area contributed by atoms with Crippen molar-refractivity contribution in [3.63, 3.8) is 0 Å². The number of hydrogen-bond acceptors (Lipinski definition) is 7. The fraction of sp³-hybridized carbons (Fsp3) is 0.391. The summed E-state index contributed by atoms with van der Waals surface area (Å²) in [6, 6.07) is 10.4. The molecule has 0 amide bonds. The van der Waals surface area contributed by atoms with Gasteiger partial charge in [0.2, 0.25) is 5.95 Å². The molecule has 1 fully saturated rings. The molecular weight excluding hydrogens is 484 g/mol. The van der Waals surface area contributed by atoms with Crippen molar-refractivity contribution in [1.29, 1.82) is 0 Å². The Balaban J connectivity index is 1.49. The van der Waals surface area contributed by atoms with Crippen molar-refractivity contribution >= 4 is 38.9 Å². The Labute approximate surface area is 200 Å². The fourth-order valence-electron chi connectivity index (χ4n) is 4.27. The van der Waals surface area contributed by atoms with Crippen LogP contribution in [-0.4, -0.2) is 42.0 Å². The van der Waals surface area contributed by atoms with Crippen molar-refractivity contribution in [3.05, 3.63) is 41.3 Å². The normalized spacial score (nSPS) is 14.5. The van der Waals surface area contributed by atoms with Gasteiger partial charge in [0.05, 0.1) is 12.3 Å². The molecular formula is C23H27BrN8O. The highest BCUT2D eigenvalue weighted by atomic mass is 79.9. The van der Waals surface area contributed by atoms with E-state index in [1.54, 1.807) is 6.33 Å². The SMILES string of the molecule is CCOc1cc(-c2nncn2C)ccc1Nc1nc(NC2CCCCC2)c2ccc(Br)n2n1. The van der Waals surface area contributed by atoms with E-state index in [0.717, 1.165) is 33.0 Å². The number of hydrogen-bond donors (Lipinski definition) is 2. The molecule has 0 spiro atoms. The van der Waals surface area contributed by atoms with E-state index >= 15 is 0 Å². The number of nitrogens with one attached hydrogen (secondary N) is 2. The third-order valence-electron chi connectivity index (χ3n) is 5.91. The maximum Gasteiger partial charge on any atom is 0.247 e. The van der Waals surface area contributed by atoms with Crippen LogP contribution in [0, 0.1) is 0 Å². The summed E-state index contributed by atoms with van der Waals surface area (Å²) in [5.74, 6) is 2.80. The zero-order chi connectivity index (χ0) is 22.8. The van der Waals surface area contributed by atoms with Crippen LogP contribution in [0.5, 0.6) is 5.75 Å². The largest absolute Gasteiger partial charge is 0.492 e. The molecule has 172 valence electrons. The Morgan fingerprint density at radius 2 is 2.00 bits per heavy atom. The molecule has 1 aliphatic carbocycles. The summed E-state index contributed by atoms with van der Waals surface area (Å²) < 4.78 is 10.5. The lowest BCUT2D eigenvalue weighted by atomic mass is 9.95. The maximum atomic E-state index is 5.93. The molecule has 2 N–H and O–H groups in total. The monoisotopic (exact) mass is 510 g/mol. The number of nitrogens with zero attached hydrogens (tertiary/aromatic N) is 6. The van der Waals surface area contributed by atoms with Crippen molar-refractivity contribution in [2.45, 2.75) is 45.1 Å². The van der Waals surface area contributed by atoms with E-state index in [1.165, 1.54) is 32.1 Å². The molecule has 1 aromatic carbocycles. The first-order valence-electron chi connectivity index (χ1n) is 11.3. The number of halogens is 1. The highest BCUT2D eigenvalue weighted by molar-refractivity contribution is 9.10. The number of rotatable bonds is 7. The Bertz CT molecular complexity index is 1260. The third kappa shape index (κ3) is 4.52. The lowest BCUT2D eigenvalue weighted by Crippen LogP contribution is -2.23. The molecule has 0 saturated heterocycles. The molecule has 10 heteroatoms. The van der Waals surface area contributed by atoms with Gasteiger partial charge in [0.1, 0.15) is 22.2 Å². The van der Waals surface area contributed by atoms with Crippen LogP contribution in [0.2, 0.25) is 0 Å². The highest BCUT2D eigenvalue weighted by Gasteiger charge is 2.18. The number of aryl methyl sites for hydroxylation is 1. The summed E-state index contributed by atoms with van der Waals surface area (Å²) in [5, 5.41) is 19.9. The van der Waals surface area contributed by atoms with Crippen LogP contribution in [0.1, 0.15) is 39.0 Å². The standard InChI is InChI=1S/C23H27BrN8O/c1-3-33-19-13-15(22-29-25-14-31(22)2)9-10-17(19)27-23-28-21(26-16-7-5-4-6-8-16)18-11-12-20(24)32(18)30-23/h9-14,16H,3-8H2,1-2H3,(H2,26,27,28,30). The minimum atomic E-state index is 0.434. The first-order chi connectivity index (χ1) is 16.1. The minimum Gasteiger partial charge on any atom is -0.492 e. The molecule has 0 radical (unpaired) electrons. The lowest BCUT2D eigenvalue weighted by Gasteiger charge is -2.24. The summed E-state index contributed by atoms with van der Waals surface area (Å²) in [7, 11) is 1.92. The Morgan fingerprint density at radius 3 is 2.76 bits per heavy atom. The van der Waals surface area contributed by atoms with Crippen molar-refractivity contribution < 1.29 is 4.74 Å². The van der Waals surface area contributed by atoms with E-state index in [0.29, 0.717) is 24.3 Å². The van der Waals surface area contributed by atoms with Gasteiger partial charge in [-0.05, 0) is 66.0 Å². The molecule has 9 nitrogen and oxygen atoms in total. The van der Waals surface area contributed by atoms with Crippen molar-refractivity contribution in [2.75, 3.05) is 17.2 Å². The average Bonchev–Trinajstić information content (AvgIpc) is 3.42. The summed E-state index contributed by atoms with van der Waals surface area (Å²) in [6.45, 7) is 2.50. The van der Waals surface area contributed by atoms with Crippen LogP contribution in [0.25, 0.3) is 16.9 Å². The lowest BCUT2D eigenvalue weighted by molar-refractivity contribution is 0.342. The minimum absolute atomic E-state index is 0.434. The molecule has 0 aliphatic heterocycles. The third-order valence-corrected chi connectivity index (χ3v) is 6.51. The predicted octanol–water partition coefficient (Wildman–Crippen LogP) is 5.17. The van der Waals surface area contributed by atoms with E-state index in [1.807, 2.05) is 53.4 Å². The second-order valence-electron chi connectivity index (χ2n) is 8.25. The number of fused-ring (bicyclic) bond motifs is 1. The Morgan fingerprint density at radius 1 is 1.15 bits per heavy atom. The molecule has 1 saturated carbocycles. The topological polar surface area (TPSA) is 94.2 Å². The van der Waals surface area contributed by atoms with E-state index in [9.17, 15) is 0 Å². The van der Waals surface area contributed by atoms with Crippen LogP contribution < -0.4 is 15.4 Å². The van der Waals surface area contributed by atoms with Gasteiger partial charge in [0.15, 0.2) is 11.6 Å². The quantitative estimate of drug-likeness (QED) is 0.353. The molecule has 4 aromatic rings. The number of benzene rings is 1. The van der Waals surface area contributed by atoms with Crippen LogP contribution in [0.4, 0.5) is 17.5 Å². The van der Waals surface area contributed by atoms with E-state index in [-0.39, 0.29) is 0 Å². The van der Waals surface area contributed by atoms with Gasteiger partial charge in [-0.25, -0.2) is 4.52 Å². The van der Waals surface area contributed by atoms with Gasteiger partial charge in [-0.15, -0.1) is 15.3 Å². The molecule has 5 rings (SSSR count). The van der Waals surface area contributed by atoms with Gasteiger partial charge in [0, 0.05) is 18.7 Å². The first-order valence-corrected chi connectivity index (χ1v) is 12.1. The Kier molecular flexibility index (Phi) is 6.17. The number of aromatic nitrogens is 6. The van der Waals surface area contributed by atoms with Crippen molar-refractivity contribution in [3.8, 4) is 17.1 Å². The second kappa shape index (κ2) is 9.38. The Hall–Kier alpha value is -3.14. The summed E-state index contributed by atoms with van der Waals surface area (Å²) in [4.78, 5) is 4.83. The number of ether oxygens (including phenoxy) is 1. The highest BCUT2D eigenvalue weighted by Crippen LogP contribution is 2.33. The zero-order valence-corrected chi connectivity index (χ0v) is 20.3. The van der Waals surface area contributed by atoms with Gasteiger partial charge in [-0.2, -0.15) is 4.98 Å². The van der Waals surface area contributed by atoms with Gasteiger partial charge < -0.3 is 19.9 Å². The van der Waals surface area contributed by atoms with Crippen LogP contribution in [-0.2, 0) is 7.05 Å². The number of anilines is 3. The van der Waals surface area contributed by atoms with Gasteiger partial charge in [0.25, 0.3) is 0 Å². The molecule has 33 heavy (non-hydrogen) atoms.